The van der Waals surface area contributed by atoms with Crippen LogP contribution in [-0.4, -0.2) is 54.1 Å². The summed E-state index contributed by atoms with van der Waals surface area (Å²) in [5.41, 5.74) is 0.895. The van der Waals surface area contributed by atoms with E-state index in [0.717, 1.165) is 0 Å². The number of aryl methyl sites for hydroxylation is 1. The number of carbonyl (C=O) groups excluding carboxylic acids is 1. The Morgan fingerprint density at radius 2 is 2.10 bits per heavy atom. The number of amides is 1. The van der Waals surface area contributed by atoms with E-state index in [1.54, 1.807) is 20.8 Å². The van der Waals surface area contributed by atoms with Gasteiger partial charge in [-0.25, -0.2) is 9.50 Å². The van der Waals surface area contributed by atoms with Crippen molar-refractivity contribution in [1.82, 2.24) is 24.5 Å². The van der Waals surface area contributed by atoms with Crippen LogP contribution in [0.25, 0.3) is 5.78 Å². The molecule has 1 amide bonds. The summed E-state index contributed by atoms with van der Waals surface area (Å²) in [5.74, 6) is -1.04. The molecule has 0 aliphatic rings. The van der Waals surface area contributed by atoms with Gasteiger partial charge >= 0.3 is 5.97 Å². The molecule has 2 aromatic heterocycles. The Morgan fingerprint density at radius 3 is 2.70 bits per heavy atom. The summed E-state index contributed by atoms with van der Waals surface area (Å²) in [5, 5.41) is 12.9. The van der Waals surface area contributed by atoms with Crippen molar-refractivity contribution in [2.45, 2.75) is 26.8 Å². The van der Waals surface area contributed by atoms with Crippen molar-refractivity contribution in [2.75, 3.05) is 6.54 Å². The third-order valence-electron chi connectivity index (χ3n) is 2.97. The zero-order chi connectivity index (χ0) is 14.9. The lowest BCUT2D eigenvalue weighted by atomic mass is 10.2. The van der Waals surface area contributed by atoms with Crippen LogP contribution in [0.1, 0.15) is 29.9 Å². The summed E-state index contributed by atoms with van der Waals surface area (Å²) in [4.78, 5) is 32.6. The first-order valence-corrected chi connectivity index (χ1v) is 6.10. The van der Waals surface area contributed by atoms with Crippen molar-refractivity contribution in [3.05, 3.63) is 23.8 Å². The highest BCUT2D eigenvalue weighted by molar-refractivity contribution is 5.96. The third kappa shape index (κ3) is 2.44. The summed E-state index contributed by atoms with van der Waals surface area (Å²) in [7, 11) is 0. The van der Waals surface area contributed by atoms with E-state index in [4.69, 9.17) is 5.11 Å². The van der Waals surface area contributed by atoms with Gasteiger partial charge in [0.25, 0.3) is 11.7 Å². The van der Waals surface area contributed by atoms with Gasteiger partial charge in [-0.3, -0.25) is 9.59 Å². The molecule has 0 bridgehead atoms. The number of carbonyl (C=O) groups is 2. The van der Waals surface area contributed by atoms with E-state index < -0.39 is 5.97 Å². The SMILES string of the molecule is Cc1c(C(=O)N(CC(=O)O)C(C)C)cnc2ncnn12. The number of carboxylic acid groups (broad SMARTS) is 1. The molecule has 1 N–H and O–H groups in total. The number of hydrogen-bond donors (Lipinski definition) is 1. The van der Waals surface area contributed by atoms with Crippen molar-refractivity contribution in [2.24, 2.45) is 0 Å². The van der Waals surface area contributed by atoms with E-state index in [2.05, 4.69) is 15.1 Å². The molecule has 0 saturated carbocycles. The standard InChI is InChI=1S/C12H15N5O3/c1-7(2)16(5-10(18)19)11(20)9-4-13-12-14-6-15-17(12)8(9)3/h4,6-7H,5H2,1-3H3,(H,18,19). The third-order valence-corrected chi connectivity index (χ3v) is 2.97. The van der Waals surface area contributed by atoms with Crippen LogP contribution in [0.15, 0.2) is 12.5 Å². The molecule has 2 aromatic rings. The van der Waals surface area contributed by atoms with Gasteiger partial charge in [-0.2, -0.15) is 10.1 Å². The highest BCUT2D eigenvalue weighted by atomic mass is 16.4. The van der Waals surface area contributed by atoms with Gasteiger partial charge in [0.15, 0.2) is 0 Å². The molecule has 0 aliphatic carbocycles. The van der Waals surface area contributed by atoms with Crippen LogP contribution >= 0.6 is 0 Å². The lowest BCUT2D eigenvalue weighted by molar-refractivity contribution is -0.138. The van der Waals surface area contributed by atoms with Crippen LogP contribution in [0.5, 0.6) is 0 Å². The van der Waals surface area contributed by atoms with Gasteiger partial charge in [0.2, 0.25) is 0 Å². The van der Waals surface area contributed by atoms with Gasteiger partial charge in [-0.15, -0.1) is 0 Å². The number of hydrogen-bond acceptors (Lipinski definition) is 5. The number of aromatic nitrogens is 4. The first kappa shape index (κ1) is 13.9. The van der Waals surface area contributed by atoms with Crippen molar-refractivity contribution in [3.8, 4) is 0 Å². The lowest BCUT2D eigenvalue weighted by Gasteiger charge is -2.25. The summed E-state index contributed by atoms with van der Waals surface area (Å²) in [6.45, 7) is 4.89. The van der Waals surface area contributed by atoms with E-state index in [9.17, 15) is 9.59 Å². The molecule has 0 fully saturated rings. The largest absolute Gasteiger partial charge is 0.480 e. The molecule has 0 aromatic carbocycles. The van der Waals surface area contributed by atoms with Crippen molar-refractivity contribution >= 4 is 17.7 Å². The first-order chi connectivity index (χ1) is 9.41. The Balaban J connectivity index is 2.43. The van der Waals surface area contributed by atoms with E-state index in [0.29, 0.717) is 17.0 Å². The second-order valence-corrected chi connectivity index (χ2v) is 4.65. The average Bonchev–Trinajstić information content (AvgIpc) is 2.84. The Morgan fingerprint density at radius 1 is 1.40 bits per heavy atom. The van der Waals surface area contributed by atoms with Crippen LogP contribution in [-0.2, 0) is 4.79 Å². The van der Waals surface area contributed by atoms with E-state index in [1.165, 1.54) is 21.9 Å². The predicted molar refractivity (Wildman–Crippen MR) is 69.3 cm³/mol. The molecule has 0 unspecified atom stereocenters. The van der Waals surface area contributed by atoms with Gasteiger partial charge in [-0.1, -0.05) is 0 Å². The molecule has 8 heteroatoms. The fraction of sp³-hybridized carbons (Fsp3) is 0.417. The van der Waals surface area contributed by atoms with Crippen molar-refractivity contribution in [3.63, 3.8) is 0 Å². The Kier molecular flexibility index (Phi) is 3.64. The Labute approximate surface area is 115 Å². The maximum atomic E-state index is 12.5. The molecule has 0 saturated heterocycles. The maximum absolute atomic E-state index is 12.5. The van der Waals surface area contributed by atoms with Gasteiger partial charge in [-0.05, 0) is 20.8 Å². The smallest absolute Gasteiger partial charge is 0.323 e. The fourth-order valence-corrected chi connectivity index (χ4v) is 1.89. The normalized spacial score (nSPS) is 11.0. The summed E-state index contributed by atoms with van der Waals surface area (Å²) < 4.78 is 1.45. The van der Waals surface area contributed by atoms with Gasteiger partial charge in [0.05, 0.1) is 11.3 Å². The van der Waals surface area contributed by atoms with E-state index in [1.807, 2.05) is 0 Å². The number of rotatable bonds is 4. The van der Waals surface area contributed by atoms with Gasteiger partial charge in [0, 0.05) is 12.2 Å². The minimum atomic E-state index is -1.06. The predicted octanol–water partition coefficient (Wildman–Crippen LogP) is 0.368. The second-order valence-electron chi connectivity index (χ2n) is 4.65. The lowest BCUT2D eigenvalue weighted by Crippen LogP contribution is -2.41. The van der Waals surface area contributed by atoms with Crippen LogP contribution in [0.2, 0.25) is 0 Å². The average molecular weight is 277 g/mol. The molecule has 2 rings (SSSR count). The second kappa shape index (κ2) is 5.24. The Bertz CT molecular complexity index is 664. The highest BCUT2D eigenvalue weighted by Crippen LogP contribution is 2.12. The topological polar surface area (TPSA) is 101 Å². The Hall–Kier alpha value is -2.51. The minimum absolute atomic E-state index is 0.232. The minimum Gasteiger partial charge on any atom is -0.480 e. The monoisotopic (exact) mass is 277 g/mol. The first-order valence-electron chi connectivity index (χ1n) is 6.10. The molecule has 8 nitrogen and oxygen atoms in total. The highest BCUT2D eigenvalue weighted by Gasteiger charge is 2.24. The molecule has 0 radical (unpaired) electrons. The molecule has 0 atom stereocenters. The number of aliphatic carboxylic acids is 1. The molecule has 106 valence electrons. The van der Waals surface area contributed by atoms with Crippen LogP contribution in [0.3, 0.4) is 0 Å². The molecular formula is C12H15N5O3. The zero-order valence-electron chi connectivity index (χ0n) is 11.4. The van der Waals surface area contributed by atoms with E-state index >= 15 is 0 Å². The molecule has 20 heavy (non-hydrogen) atoms. The van der Waals surface area contributed by atoms with Crippen LogP contribution < -0.4 is 0 Å². The summed E-state index contributed by atoms with van der Waals surface area (Å²) >= 11 is 0. The van der Waals surface area contributed by atoms with Crippen LogP contribution in [0, 0.1) is 6.92 Å². The fourth-order valence-electron chi connectivity index (χ4n) is 1.89. The summed E-state index contributed by atoms with van der Waals surface area (Å²) in [6.07, 6.45) is 2.75. The number of nitrogens with zero attached hydrogens (tertiary/aromatic N) is 5. The van der Waals surface area contributed by atoms with Crippen LogP contribution in [0.4, 0.5) is 0 Å². The van der Waals surface area contributed by atoms with Gasteiger partial charge in [0.1, 0.15) is 12.9 Å². The van der Waals surface area contributed by atoms with Gasteiger partial charge < -0.3 is 10.0 Å². The molecule has 2 heterocycles. The quantitative estimate of drug-likeness (QED) is 0.866. The molecular weight excluding hydrogens is 262 g/mol. The molecule has 0 spiro atoms. The number of fused-ring (bicyclic) bond motifs is 1. The molecule has 0 aliphatic heterocycles. The van der Waals surface area contributed by atoms with Crippen molar-refractivity contribution < 1.29 is 14.7 Å². The zero-order valence-corrected chi connectivity index (χ0v) is 11.4. The van der Waals surface area contributed by atoms with Crippen molar-refractivity contribution in [1.29, 1.82) is 0 Å². The van der Waals surface area contributed by atoms with E-state index in [-0.39, 0.29) is 18.5 Å². The number of carboxylic acids is 1. The summed E-state index contributed by atoms with van der Waals surface area (Å²) in [6, 6.07) is -0.232. The maximum Gasteiger partial charge on any atom is 0.323 e.